The van der Waals surface area contributed by atoms with Gasteiger partial charge in [-0.15, -0.1) is 0 Å². The highest BCUT2D eigenvalue weighted by atomic mass is 16.5. The molecule has 0 spiro atoms. The van der Waals surface area contributed by atoms with Crippen LogP contribution in [0.15, 0.2) is 48.5 Å². The van der Waals surface area contributed by atoms with Crippen molar-refractivity contribution in [1.29, 1.82) is 0 Å². The standard InChI is InChI=1S/C19H21NO3/c1-22-16-10-14(11-17(12-16)23-2)18(21)20-13-19(8-9-19)15-6-4-3-5-7-15/h3-7,10-12H,8-9,13H2,1-2H3,(H,20,21). The first-order valence-electron chi connectivity index (χ1n) is 7.74. The maximum atomic E-state index is 12.5. The van der Waals surface area contributed by atoms with E-state index in [9.17, 15) is 4.79 Å². The summed E-state index contributed by atoms with van der Waals surface area (Å²) in [5.74, 6) is 1.11. The van der Waals surface area contributed by atoms with E-state index in [1.54, 1.807) is 32.4 Å². The van der Waals surface area contributed by atoms with Crippen LogP contribution in [0, 0.1) is 0 Å². The Morgan fingerprint density at radius 3 is 2.17 bits per heavy atom. The summed E-state index contributed by atoms with van der Waals surface area (Å²) in [6.45, 7) is 0.648. The molecular weight excluding hydrogens is 290 g/mol. The number of carbonyl (C=O) groups excluding carboxylic acids is 1. The lowest BCUT2D eigenvalue weighted by Crippen LogP contribution is -2.32. The van der Waals surface area contributed by atoms with Crippen LogP contribution in [0.3, 0.4) is 0 Å². The maximum Gasteiger partial charge on any atom is 0.251 e. The zero-order valence-corrected chi connectivity index (χ0v) is 13.5. The van der Waals surface area contributed by atoms with Crippen molar-refractivity contribution in [1.82, 2.24) is 5.32 Å². The fraction of sp³-hybridized carbons (Fsp3) is 0.316. The molecule has 0 unspecified atom stereocenters. The second-order valence-electron chi connectivity index (χ2n) is 5.93. The van der Waals surface area contributed by atoms with E-state index in [1.807, 2.05) is 18.2 Å². The predicted molar refractivity (Wildman–Crippen MR) is 89.2 cm³/mol. The van der Waals surface area contributed by atoms with Gasteiger partial charge in [0.1, 0.15) is 11.5 Å². The Morgan fingerprint density at radius 1 is 1.04 bits per heavy atom. The molecule has 0 saturated heterocycles. The zero-order valence-electron chi connectivity index (χ0n) is 13.5. The largest absolute Gasteiger partial charge is 0.497 e. The van der Waals surface area contributed by atoms with Crippen LogP contribution in [0.25, 0.3) is 0 Å². The van der Waals surface area contributed by atoms with Crippen molar-refractivity contribution in [2.45, 2.75) is 18.3 Å². The van der Waals surface area contributed by atoms with Crippen LogP contribution in [0.4, 0.5) is 0 Å². The van der Waals surface area contributed by atoms with Crippen LogP contribution in [0.5, 0.6) is 11.5 Å². The molecule has 1 fully saturated rings. The minimum Gasteiger partial charge on any atom is -0.497 e. The Hall–Kier alpha value is -2.49. The smallest absolute Gasteiger partial charge is 0.251 e. The van der Waals surface area contributed by atoms with Gasteiger partial charge in [0.25, 0.3) is 5.91 Å². The van der Waals surface area contributed by atoms with Crippen LogP contribution in [-0.4, -0.2) is 26.7 Å². The lowest BCUT2D eigenvalue weighted by atomic mass is 9.96. The van der Waals surface area contributed by atoms with Crippen molar-refractivity contribution in [3.05, 3.63) is 59.7 Å². The lowest BCUT2D eigenvalue weighted by Gasteiger charge is -2.17. The molecule has 1 saturated carbocycles. The van der Waals surface area contributed by atoms with Gasteiger partial charge in [-0.1, -0.05) is 30.3 Å². The Balaban J connectivity index is 1.71. The molecule has 0 aliphatic heterocycles. The average Bonchev–Trinajstić information content (AvgIpc) is 3.41. The van der Waals surface area contributed by atoms with E-state index in [4.69, 9.17) is 9.47 Å². The van der Waals surface area contributed by atoms with Crippen molar-refractivity contribution in [2.24, 2.45) is 0 Å². The van der Waals surface area contributed by atoms with Crippen molar-refractivity contribution in [3.8, 4) is 11.5 Å². The number of methoxy groups -OCH3 is 2. The minimum atomic E-state index is -0.107. The lowest BCUT2D eigenvalue weighted by molar-refractivity contribution is 0.0949. The van der Waals surface area contributed by atoms with Gasteiger partial charge in [0.05, 0.1) is 14.2 Å². The third kappa shape index (κ3) is 3.31. The summed E-state index contributed by atoms with van der Waals surface area (Å²) < 4.78 is 10.4. The van der Waals surface area contributed by atoms with Crippen LogP contribution in [0.1, 0.15) is 28.8 Å². The summed E-state index contributed by atoms with van der Waals surface area (Å²) >= 11 is 0. The molecule has 2 aromatic rings. The molecule has 0 atom stereocenters. The average molecular weight is 311 g/mol. The van der Waals surface area contributed by atoms with E-state index in [0.29, 0.717) is 23.6 Å². The number of carbonyl (C=O) groups is 1. The summed E-state index contributed by atoms with van der Waals surface area (Å²) in [6, 6.07) is 15.6. The monoisotopic (exact) mass is 311 g/mol. The van der Waals surface area contributed by atoms with Gasteiger partial charge in [0.15, 0.2) is 0 Å². The normalized spacial score (nSPS) is 14.9. The molecular formula is C19H21NO3. The molecule has 0 aromatic heterocycles. The van der Waals surface area contributed by atoms with Crippen LogP contribution in [-0.2, 0) is 5.41 Å². The summed E-state index contributed by atoms with van der Waals surface area (Å²) in [4.78, 5) is 12.5. The van der Waals surface area contributed by atoms with Crippen LogP contribution >= 0.6 is 0 Å². The predicted octanol–water partition coefficient (Wildman–Crippen LogP) is 3.17. The van der Waals surface area contributed by atoms with E-state index >= 15 is 0 Å². The first-order chi connectivity index (χ1) is 11.2. The van der Waals surface area contributed by atoms with Gasteiger partial charge in [0.2, 0.25) is 0 Å². The van der Waals surface area contributed by atoms with Crippen molar-refractivity contribution >= 4 is 5.91 Å². The van der Waals surface area contributed by atoms with E-state index in [0.717, 1.165) is 12.8 Å². The molecule has 0 radical (unpaired) electrons. The first kappa shape index (κ1) is 15.4. The molecule has 2 aromatic carbocycles. The molecule has 1 amide bonds. The second kappa shape index (κ2) is 6.32. The van der Waals surface area contributed by atoms with E-state index < -0.39 is 0 Å². The number of benzene rings is 2. The summed E-state index contributed by atoms with van der Waals surface area (Å²) in [5, 5.41) is 3.05. The van der Waals surface area contributed by atoms with Gasteiger partial charge in [-0.05, 0) is 30.5 Å². The summed E-state index contributed by atoms with van der Waals surface area (Å²) in [5.41, 5.74) is 1.94. The van der Waals surface area contributed by atoms with Crippen molar-refractivity contribution < 1.29 is 14.3 Å². The summed E-state index contributed by atoms with van der Waals surface area (Å²) in [6.07, 6.45) is 2.22. The van der Waals surface area contributed by atoms with Crippen LogP contribution < -0.4 is 14.8 Å². The third-order valence-electron chi connectivity index (χ3n) is 4.44. The van der Waals surface area contributed by atoms with Crippen LogP contribution in [0.2, 0.25) is 0 Å². The highest BCUT2D eigenvalue weighted by Gasteiger charge is 2.44. The van der Waals surface area contributed by atoms with Crippen molar-refractivity contribution in [2.75, 3.05) is 20.8 Å². The highest BCUT2D eigenvalue weighted by Crippen LogP contribution is 2.47. The van der Waals surface area contributed by atoms with E-state index in [-0.39, 0.29) is 11.3 Å². The van der Waals surface area contributed by atoms with Crippen molar-refractivity contribution in [3.63, 3.8) is 0 Å². The van der Waals surface area contributed by atoms with Gasteiger partial charge >= 0.3 is 0 Å². The number of amides is 1. The number of hydrogen-bond acceptors (Lipinski definition) is 3. The Labute approximate surface area is 136 Å². The Morgan fingerprint density at radius 2 is 1.65 bits per heavy atom. The fourth-order valence-electron chi connectivity index (χ4n) is 2.80. The molecule has 0 heterocycles. The van der Waals surface area contributed by atoms with Gasteiger partial charge in [-0.25, -0.2) is 0 Å². The molecule has 0 bridgehead atoms. The molecule has 3 rings (SSSR count). The van der Waals surface area contributed by atoms with Gasteiger partial charge in [-0.3, -0.25) is 4.79 Å². The molecule has 4 nitrogen and oxygen atoms in total. The topological polar surface area (TPSA) is 47.6 Å². The number of ether oxygens (including phenoxy) is 2. The molecule has 4 heteroatoms. The maximum absolute atomic E-state index is 12.5. The molecule has 1 aliphatic carbocycles. The number of hydrogen-bond donors (Lipinski definition) is 1. The Kier molecular flexibility index (Phi) is 4.24. The first-order valence-corrected chi connectivity index (χ1v) is 7.74. The number of rotatable bonds is 6. The molecule has 1 aliphatic rings. The minimum absolute atomic E-state index is 0.0971. The van der Waals surface area contributed by atoms with Gasteiger partial charge in [0, 0.05) is 23.6 Å². The zero-order chi connectivity index (χ0) is 16.3. The third-order valence-corrected chi connectivity index (χ3v) is 4.44. The van der Waals surface area contributed by atoms with E-state index in [2.05, 4.69) is 17.4 Å². The number of nitrogens with one attached hydrogen (secondary N) is 1. The fourth-order valence-corrected chi connectivity index (χ4v) is 2.80. The van der Waals surface area contributed by atoms with Gasteiger partial charge in [-0.2, -0.15) is 0 Å². The molecule has 23 heavy (non-hydrogen) atoms. The Bertz CT molecular complexity index is 671. The molecule has 1 N–H and O–H groups in total. The molecule has 120 valence electrons. The summed E-state index contributed by atoms with van der Waals surface area (Å²) in [7, 11) is 3.15. The quantitative estimate of drug-likeness (QED) is 0.891. The van der Waals surface area contributed by atoms with Gasteiger partial charge < -0.3 is 14.8 Å². The second-order valence-corrected chi connectivity index (χ2v) is 5.93. The van der Waals surface area contributed by atoms with E-state index in [1.165, 1.54) is 5.56 Å². The SMILES string of the molecule is COc1cc(OC)cc(C(=O)NCC2(c3ccccc3)CC2)c1. The highest BCUT2D eigenvalue weighted by molar-refractivity contribution is 5.95.